The molecule has 0 unspecified atom stereocenters. The molecule has 3 rings (SSSR count). The van der Waals surface area contributed by atoms with Crippen LogP contribution >= 0.6 is 23.1 Å². The topological polar surface area (TPSA) is 42.2 Å². The standard InChI is InChI=1S/C17H19N3OS2/c1-12(16-18-19-17(21-16)15-5-4-10-23-15)20(2)11-13-6-8-14(22-3)9-7-13/h4-10,12H,11H2,1-3H3/t12-/m0/s1. The van der Waals surface area contributed by atoms with Crippen molar-refractivity contribution >= 4 is 23.1 Å². The molecule has 0 N–H and O–H groups in total. The van der Waals surface area contributed by atoms with Gasteiger partial charge in [-0.3, -0.25) is 4.90 Å². The van der Waals surface area contributed by atoms with Crippen molar-refractivity contribution in [1.29, 1.82) is 0 Å². The Balaban J connectivity index is 1.68. The van der Waals surface area contributed by atoms with E-state index >= 15 is 0 Å². The van der Waals surface area contributed by atoms with Crippen LogP contribution in [0.4, 0.5) is 0 Å². The first kappa shape index (κ1) is 16.2. The highest BCUT2D eigenvalue weighted by molar-refractivity contribution is 7.98. The zero-order valence-electron chi connectivity index (χ0n) is 13.4. The largest absolute Gasteiger partial charge is 0.418 e. The number of thiophene rings is 1. The van der Waals surface area contributed by atoms with Gasteiger partial charge < -0.3 is 4.42 Å². The molecule has 0 radical (unpaired) electrons. The minimum absolute atomic E-state index is 0.0661. The van der Waals surface area contributed by atoms with Gasteiger partial charge in [0, 0.05) is 11.4 Å². The van der Waals surface area contributed by atoms with E-state index in [0.717, 1.165) is 11.4 Å². The summed E-state index contributed by atoms with van der Waals surface area (Å²) in [6.07, 6.45) is 2.09. The van der Waals surface area contributed by atoms with Gasteiger partial charge in [-0.1, -0.05) is 18.2 Å². The first-order valence-corrected chi connectivity index (χ1v) is 9.48. The Morgan fingerprint density at radius 2 is 2.00 bits per heavy atom. The third-order valence-electron chi connectivity index (χ3n) is 3.78. The summed E-state index contributed by atoms with van der Waals surface area (Å²) in [6.45, 7) is 2.93. The fourth-order valence-corrected chi connectivity index (χ4v) is 3.30. The summed E-state index contributed by atoms with van der Waals surface area (Å²) in [5.41, 5.74) is 1.27. The molecule has 23 heavy (non-hydrogen) atoms. The molecule has 0 saturated heterocycles. The summed E-state index contributed by atoms with van der Waals surface area (Å²) in [5.74, 6) is 1.25. The van der Waals surface area contributed by atoms with E-state index in [9.17, 15) is 0 Å². The van der Waals surface area contributed by atoms with Crippen LogP contribution in [-0.2, 0) is 6.54 Å². The Labute approximate surface area is 144 Å². The minimum Gasteiger partial charge on any atom is -0.418 e. The van der Waals surface area contributed by atoms with Crippen LogP contribution in [0.15, 0.2) is 51.1 Å². The lowest BCUT2D eigenvalue weighted by atomic mass is 10.2. The second-order valence-corrected chi connectivity index (χ2v) is 7.19. The van der Waals surface area contributed by atoms with E-state index in [-0.39, 0.29) is 6.04 Å². The first-order chi connectivity index (χ1) is 11.2. The second-order valence-electron chi connectivity index (χ2n) is 5.36. The van der Waals surface area contributed by atoms with Crippen molar-refractivity contribution in [2.45, 2.75) is 24.4 Å². The number of rotatable bonds is 6. The lowest BCUT2D eigenvalue weighted by Crippen LogP contribution is -2.22. The Bertz CT molecular complexity index is 738. The molecule has 2 heterocycles. The normalized spacial score (nSPS) is 12.7. The average molecular weight is 345 g/mol. The highest BCUT2D eigenvalue weighted by Crippen LogP contribution is 2.27. The van der Waals surface area contributed by atoms with Crippen molar-refractivity contribution in [3.8, 4) is 10.8 Å². The molecule has 0 spiro atoms. The number of thioether (sulfide) groups is 1. The van der Waals surface area contributed by atoms with Gasteiger partial charge >= 0.3 is 0 Å². The van der Waals surface area contributed by atoms with E-state index in [1.165, 1.54) is 10.5 Å². The maximum absolute atomic E-state index is 5.83. The predicted molar refractivity (Wildman–Crippen MR) is 95.7 cm³/mol. The molecular weight excluding hydrogens is 326 g/mol. The third kappa shape index (κ3) is 3.83. The molecule has 120 valence electrons. The molecule has 1 atom stereocenters. The van der Waals surface area contributed by atoms with Gasteiger partial charge in [0.25, 0.3) is 5.89 Å². The van der Waals surface area contributed by atoms with E-state index in [2.05, 4.69) is 59.6 Å². The molecule has 0 bridgehead atoms. The van der Waals surface area contributed by atoms with Crippen LogP contribution in [0.2, 0.25) is 0 Å². The smallest absolute Gasteiger partial charge is 0.257 e. The molecule has 0 saturated carbocycles. The fourth-order valence-electron chi connectivity index (χ4n) is 2.25. The number of benzene rings is 1. The lowest BCUT2D eigenvalue weighted by Gasteiger charge is -2.21. The number of aromatic nitrogens is 2. The minimum atomic E-state index is 0.0661. The average Bonchev–Trinajstić information content (AvgIpc) is 3.26. The van der Waals surface area contributed by atoms with Crippen LogP contribution in [0.5, 0.6) is 0 Å². The zero-order chi connectivity index (χ0) is 16.2. The highest BCUT2D eigenvalue weighted by atomic mass is 32.2. The summed E-state index contributed by atoms with van der Waals surface area (Å²) in [4.78, 5) is 4.49. The SMILES string of the molecule is CSc1ccc(CN(C)[C@@H](C)c2nnc(-c3cccs3)o2)cc1. The summed E-state index contributed by atoms with van der Waals surface area (Å²) < 4.78 is 5.83. The molecule has 0 aliphatic rings. The first-order valence-electron chi connectivity index (χ1n) is 7.38. The molecule has 0 amide bonds. The summed E-state index contributed by atoms with van der Waals surface area (Å²) in [5, 5.41) is 10.4. The zero-order valence-corrected chi connectivity index (χ0v) is 15.0. The van der Waals surface area contributed by atoms with Gasteiger partial charge in [-0.2, -0.15) is 0 Å². The molecule has 0 fully saturated rings. The van der Waals surface area contributed by atoms with Crippen molar-refractivity contribution in [2.24, 2.45) is 0 Å². The van der Waals surface area contributed by atoms with Crippen molar-refractivity contribution in [3.63, 3.8) is 0 Å². The van der Waals surface area contributed by atoms with E-state index in [1.807, 2.05) is 17.5 Å². The van der Waals surface area contributed by atoms with Crippen molar-refractivity contribution in [2.75, 3.05) is 13.3 Å². The molecule has 0 aliphatic carbocycles. The van der Waals surface area contributed by atoms with Gasteiger partial charge in [0.2, 0.25) is 5.89 Å². The monoisotopic (exact) mass is 345 g/mol. The fraction of sp³-hybridized carbons (Fsp3) is 0.294. The van der Waals surface area contributed by atoms with Crippen LogP contribution < -0.4 is 0 Å². The summed E-state index contributed by atoms with van der Waals surface area (Å²) in [7, 11) is 2.07. The number of hydrogen-bond acceptors (Lipinski definition) is 6. The maximum atomic E-state index is 5.83. The Morgan fingerprint density at radius 3 is 2.65 bits per heavy atom. The van der Waals surface area contributed by atoms with Crippen LogP contribution in [0.25, 0.3) is 10.8 Å². The van der Waals surface area contributed by atoms with Crippen LogP contribution in [-0.4, -0.2) is 28.4 Å². The molecule has 2 aromatic heterocycles. The molecular formula is C17H19N3OS2. The molecule has 0 aliphatic heterocycles. The Kier molecular flexibility index (Phi) is 5.15. The summed E-state index contributed by atoms with van der Waals surface area (Å²) in [6, 6.07) is 12.7. The number of nitrogens with zero attached hydrogens (tertiary/aromatic N) is 3. The van der Waals surface area contributed by atoms with Gasteiger partial charge in [-0.25, -0.2) is 0 Å². The second kappa shape index (κ2) is 7.29. The van der Waals surface area contributed by atoms with Crippen LogP contribution in [0.1, 0.15) is 24.4 Å². The molecule has 3 aromatic rings. The van der Waals surface area contributed by atoms with E-state index < -0.39 is 0 Å². The van der Waals surface area contributed by atoms with Gasteiger partial charge in [0.1, 0.15) is 0 Å². The summed E-state index contributed by atoms with van der Waals surface area (Å²) >= 11 is 3.36. The quantitative estimate of drug-likeness (QED) is 0.605. The Hall–Kier alpha value is -1.63. The molecule has 1 aromatic carbocycles. The highest BCUT2D eigenvalue weighted by Gasteiger charge is 2.19. The molecule has 6 heteroatoms. The Morgan fingerprint density at radius 1 is 1.22 bits per heavy atom. The van der Waals surface area contributed by atoms with Gasteiger partial charge in [0.15, 0.2) is 0 Å². The van der Waals surface area contributed by atoms with Gasteiger partial charge in [0.05, 0.1) is 10.9 Å². The van der Waals surface area contributed by atoms with Crippen LogP contribution in [0, 0.1) is 0 Å². The number of hydrogen-bond donors (Lipinski definition) is 0. The van der Waals surface area contributed by atoms with Crippen LogP contribution in [0.3, 0.4) is 0 Å². The van der Waals surface area contributed by atoms with Crippen molar-refractivity contribution in [1.82, 2.24) is 15.1 Å². The maximum Gasteiger partial charge on any atom is 0.257 e. The third-order valence-corrected chi connectivity index (χ3v) is 5.38. The van der Waals surface area contributed by atoms with Crippen molar-refractivity contribution in [3.05, 3.63) is 53.2 Å². The van der Waals surface area contributed by atoms with Crippen molar-refractivity contribution < 1.29 is 4.42 Å². The predicted octanol–water partition coefficient (Wildman–Crippen LogP) is 4.71. The van der Waals surface area contributed by atoms with E-state index in [4.69, 9.17) is 4.42 Å². The van der Waals surface area contributed by atoms with Gasteiger partial charge in [-0.05, 0) is 49.4 Å². The lowest BCUT2D eigenvalue weighted by molar-refractivity contribution is 0.218. The van der Waals surface area contributed by atoms with E-state index in [1.54, 1.807) is 23.1 Å². The van der Waals surface area contributed by atoms with Gasteiger partial charge in [-0.15, -0.1) is 33.3 Å². The molecule has 4 nitrogen and oxygen atoms in total. The van der Waals surface area contributed by atoms with E-state index in [0.29, 0.717) is 11.8 Å².